The van der Waals surface area contributed by atoms with E-state index < -0.39 is 9.84 Å². The lowest BCUT2D eigenvalue weighted by Crippen LogP contribution is -2.18. The first-order valence-electron chi connectivity index (χ1n) is 6.27. The Balaban J connectivity index is 2.16. The number of sulfone groups is 1. The zero-order valence-electron chi connectivity index (χ0n) is 10.2. The standard InChI is InChI=1S/C13H18ClNO2S/c14-12-8-11(6-7-13(12)15)18(16,17)9-10-4-2-1-3-5-10/h6-8,10H,1-5,9,15H2. The molecule has 1 aromatic carbocycles. The maximum atomic E-state index is 12.3. The summed E-state index contributed by atoms with van der Waals surface area (Å²) >= 11 is 5.87. The van der Waals surface area contributed by atoms with Gasteiger partial charge in [-0.3, -0.25) is 0 Å². The van der Waals surface area contributed by atoms with Crippen LogP contribution in [-0.4, -0.2) is 14.2 Å². The third kappa shape index (κ3) is 3.18. The first kappa shape index (κ1) is 13.7. The molecule has 1 fully saturated rings. The van der Waals surface area contributed by atoms with Gasteiger partial charge in [-0.25, -0.2) is 8.42 Å². The SMILES string of the molecule is Nc1ccc(S(=O)(=O)CC2CCCCC2)cc1Cl. The Bertz CT molecular complexity index is 522. The maximum Gasteiger partial charge on any atom is 0.178 e. The molecule has 0 spiro atoms. The van der Waals surface area contributed by atoms with Crippen LogP contribution in [0.3, 0.4) is 0 Å². The molecule has 0 atom stereocenters. The van der Waals surface area contributed by atoms with Crippen LogP contribution < -0.4 is 5.73 Å². The van der Waals surface area contributed by atoms with Crippen molar-refractivity contribution in [2.45, 2.75) is 37.0 Å². The fourth-order valence-corrected chi connectivity index (χ4v) is 4.43. The Hall–Kier alpha value is -0.740. The zero-order valence-corrected chi connectivity index (χ0v) is 11.8. The molecule has 1 aromatic rings. The van der Waals surface area contributed by atoms with Crippen molar-refractivity contribution in [3.05, 3.63) is 23.2 Å². The topological polar surface area (TPSA) is 60.2 Å². The first-order chi connectivity index (χ1) is 8.49. The lowest BCUT2D eigenvalue weighted by atomic mass is 9.91. The summed E-state index contributed by atoms with van der Waals surface area (Å²) in [5.74, 6) is 0.521. The highest BCUT2D eigenvalue weighted by Gasteiger charge is 2.23. The number of hydrogen-bond donors (Lipinski definition) is 1. The lowest BCUT2D eigenvalue weighted by Gasteiger charge is -2.21. The van der Waals surface area contributed by atoms with Crippen LogP contribution in [0.15, 0.2) is 23.1 Å². The molecule has 0 aliphatic heterocycles. The quantitative estimate of drug-likeness (QED) is 0.868. The number of anilines is 1. The van der Waals surface area contributed by atoms with E-state index in [4.69, 9.17) is 17.3 Å². The van der Waals surface area contributed by atoms with Gasteiger partial charge in [0.05, 0.1) is 21.4 Å². The minimum atomic E-state index is -3.24. The third-order valence-electron chi connectivity index (χ3n) is 3.51. The molecule has 18 heavy (non-hydrogen) atoms. The molecular weight excluding hydrogens is 270 g/mol. The van der Waals surface area contributed by atoms with Crippen molar-refractivity contribution in [3.63, 3.8) is 0 Å². The van der Waals surface area contributed by atoms with Crippen LogP contribution in [0.5, 0.6) is 0 Å². The highest BCUT2D eigenvalue weighted by atomic mass is 35.5. The first-order valence-corrected chi connectivity index (χ1v) is 8.30. The largest absolute Gasteiger partial charge is 0.398 e. The molecule has 1 aliphatic rings. The van der Waals surface area contributed by atoms with E-state index in [0.29, 0.717) is 16.6 Å². The van der Waals surface area contributed by atoms with Gasteiger partial charge in [0.15, 0.2) is 9.84 Å². The Labute approximate surface area is 113 Å². The van der Waals surface area contributed by atoms with Crippen molar-refractivity contribution in [2.75, 3.05) is 11.5 Å². The average molecular weight is 288 g/mol. The molecule has 2 rings (SSSR count). The van der Waals surface area contributed by atoms with E-state index >= 15 is 0 Å². The molecule has 3 nitrogen and oxygen atoms in total. The van der Waals surface area contributed by atoms with Crippen LogP contribution in [0.2, 0.25) is 5.02 Å². The molecule has 0 radical (unpaired) electrons. The molecule has 0 aromatic heterocycles. The van der Waals surface area contributed by atoms with Crippen molar-refractivity contribution in [1.82, 2.24) is 0 Å². The number of nitrogen functional groups attached to an aromatic ring is 1. The Morgan fingerprint density at radius 3 is 2.50 bits per heavy atom. The van der Waals surface area contributed by atoms with Crippen LogP contribution in [0.4, 0.5) is 5.69 Å². The van der Waals surface area contributed by atoms with E-state index in [-0.39, 0.29) is 10.6 Å². The summed E-state index contributed by atoms with van der Waals surface area (Å²) in [4.78, 5) is 0.285. The highest BCUT2D eigenvalue weighted by Crippen LogP contribution is 2.29. The van der Waals surface area contributed by atoms with Gasteiger partial charge >= 0.3 is 0 Å². The molecule has 0 bridgehead atoms. The lowest BCUT2D eigenvalue weighted by molar-refractivity contribution is 0.385. The molecule has 100 valence electrons. The van der Waals surface area contributed by atoms with Crippen molar-refractivity contribution >= 4 is 27.1 Å². The Kier molecular flexibility index (Phi) is 4.17. The van der Waals surface area contributed by atoms with Crippen molar-refractivity contribution in [1.29, 1.82) is 0 Å². The summed E-state index contributed by atoms with van der Waals surface area (Å²) in [7, 11) is -3.24. The number of nitrogens with two attached hydrogens (primary N) is 1. The fourth-order valence-electron chi connectivity index (χ4n) is 2.46. The van der Waals surface area contributed by atoms with Crippen LogP contribution in [-0.2, 0) is 9.84 Å². The van der Waals surface area contributed by atoms with Gasteiger partial charge in [-0.15, -0.1) is 0 Å². The van der Waals surface area contributed by atoms with E-state index in [1.807, 2.05) is 0 Å². The average Bonchev–Trinajstić information content (AvgIpc) is 2.33. The summed E-state index contributed by atoms with van der Waals surface area (Å²) in [5, 5.41) is 0.305. The number of hydrogen-bond acceptors (Lipinski definition) is 3. The molecule has 5 heteroatoms. The molecule has 0 saturated heterocycles. The Morgan fingerprint density at radius 2 is 1.89 bits per heavy atom. The predicted molar refractivity (Wildman–Crippen MR) is 74.5 cm³/mol. The van der Waals surface area contributed by atoms with E-state index in [0.717, 1.165) is 25.7 Å². The summed E-state index contributed by atoms with van der Waals surface area (Å²) in [5.41, 5.74) is 6.00. The van der Waals surface area contributed by atoms with E-state index in [2.05, 4.69) is 0 Å². The van der Waals surface area contributed by atoms with Crippen molar-refractivity contribution in [2.24, 2.45) is 5.92 Å². The maximum absolute atomic E-state index is 12.3. The van der Waals surface area contributed by atoms with Gasteiger partial charge in [0.1, 0.15) is 0 Å². The van der Waals surface area contributed by atoms with Crippen LogP contribution in [0, 0.1) is 5.92 Å². The third-order valence-corrected chi connectivity index (χ3v) is 5.72. The van der Waals surface area contributed by atoms with Gasteiger partial charge in [-0.05, 0) is 37.0 Å². The van der Waals surface area contributed by atoms with Gasteiger partial charge < -0.3 is 5.73 Å². The van der Waals surface area contributed by atoms with Crippen LogP contribution in [0.1, 0.15) is 32.1 Å². The van der Waals surface area contributed by atoms with E-state index in [1.165, 1.54) is 12.5 Å². The van der Waals surface area contributed by atoms with Gasteiger partial charge in [0, 0.05) is 0 Å². The molecule has 2 N–H and O–H groups in total. The summed E-state index contributed by atoms with van der Waals surface area (Å²) in [6, 6.07) is 4.55. The Morgan fingerprint density at radius 1 is 1.22 bits per heavy atom. The molecule has 1 saturated carbocycles. The monoisotopic (exact) mass is 287 g/mol. The molecule has 0 heterocycles. The molecule has 1 aliphatic carbocycles. The minimum absolute atomic E-state index is 0.229. The van der Waals surface area contributed by atoms with Crippen LogP contribution >= 0.6 is 11.6 Å². The molecule has 0 amide bonds. The second-order valence-corrected chi connectivity index (χ2v) is 7.41. The fraction of sp³-hybridized carbons (Fsp3) is 0.538. The van der Waals surface area contributed by atoms with Crippen molar-refractivity contribution < 1.29 is 8.42 Å². The van der Waals surface area contributed by atoms with Gasteiger partial charge in [-0.2, -0.15) is 0 Å². The van der Waals surface area contributed by atoms with E-state index in [1.54, 1.807) is 12.1 Å². The highest BCUT2D eigenvalue weighted by molar-refractivity contribution is 7.91. The van der Waals surface area contributed by atoms with E-state index in [9.17, 15) is 8.42 Å². The predicted octanol–water partition coefficient (Wildman–Crippen LogP) is 3.28. The molecular formula is C13H18ClNO2S. The number of halogens is 1. The minimum Gasteiger partial charge on any atom is -0.398 e. The molecule has 0 unspecified atom stereocenters. The second kappa shape index (κ2) is 5.49. The van der Waals surface area contributed by atoms with Crippen molar-refractivity contribution in [3.8, 4) is 0 Å². The second-order valence-electron chi connectivity index (χ2n) is 4.97. The smallest absolute Gasteiger partial charge is 0.178 e. The zero-order chi connectivity index (χ0) is 13.2. The number of rotatable bonds is 3. The van der Waals surface area contributed by atoms with Crippen LogP contribution in [0.25, 0.3) is 0 Å². The van der Waals surface area contributed by atoms with Gasteiger partial charge in [0.2, 0.25) is 0 Å². The number of benzene rings is 1. The summed E-state index contributed by atoms with van der Waals surface area (Å²) < 4.78 is 24.5. The summed E-state index contributed by atoms with van der Waals surface area (Å²) in [6.45, 7) is 0. The van der Waals surface area contributed by atoms with Gasteiger partial charge in [0.25, 0.3) is 0 Å². The normalized spacial score (nSPS) is 17.8. The van der Waals surface area contributed by atoms with Gasteiger partial charge in [-0.1, -0.05) is 30.9 Å². The summed E-state index contributed by atoms with van der Waals surface area (Å²) in [6.07, 6.45) is 5.54.